The summed E-state index contributed by atoms with van der Waals surface area (Å²) in [5.41, 5.74) is 6.25. The minimum absolute atomic E-state index is 0.156. The van der Waals surface area contributed by atoms with Crippen molar-refractivity contribution in [3.05, 3.63) is 76.1 Å². The Kier molecular flexibility index (Phi) is 10.2. The lowest BCUT2D eigenvalue weighted by molar-refractivity contribution is -0.192. The Bertz CT molecular complexity index is 1330. The molecular formula is C27H31F3N4O5. The van der Waals surface area contributed by atoms with Gasteiger partial charge in [-0.2, -0.15) is 18.3 Å². The highest BCUT2D eigenvalue weighted by Gasteiger charge is 2.38. The summed E-state index contributed by atoms with van der Waals surface area (Å²) < 4.78 is 33.6. The van der Waals surface area contributed by atoms with Gasteiger partial charge in [0.25, 0.3) is 5.91 Å². The maximum Gasteiger partial charge on any atom is 0.490 e. The van der Waals surface area contributed by atoms with Gasteiger partial charge in [-0.1, -0.05) is 17.7 Å². The van der Waals surface area contributed by atoms with Crippen molar-refractivity contribution in [2.45, 2.75) is 39.8 Å². The van der Waals surface area contributed by atoms with Crippen LogP contribution in [-0.4, -0.2) is 57.6 Å². The maximum atomic E-state index is 12.5. The van der Waals surface area contributed by atoms with Crippen LogP contribution in [0.4, 0.5) is 24.5 Å². The predicted octanol–water partition coefficient (Wildman–Crippen LogP) is 5.00. The van der Waals surface area contributed by atoms with Gasteiger partial charge < -0.3 is 20.4 Å². The quantitative estimate of drug-likeness (QED) is 0.362. The zero-order chi connectivity index (χ0) is 29.5. The Morgan fingerprint density at radius 2 is 1.62 bits per heavy atom. The van der Waals surface area contributed by atoms with E-state index in [0.29, 0.717) is 23.5 Å². The van der Waals surface area contributed by atoms with Crippen molar-refractivity contribution in [2.75, 3.05) is 23.8 Å². The van der Waals surface area contributed by atoms with E-state index in [0.717, 1.165) is 29.8 Å². The SMILES string of the molecule is Cc1ccc(C(=O)Nc2ccc(N(C)CCCc3c(C)nn(C)c3C)c(C(=O)O)c2)cc1.O=C(O)C(F)(F)F. The van der Waals surface area contributed by atoms with E-state index in [4.69, 9.17) is 9.90 Å². The van der Waals surface area contributed by atoms with Crippen LogP contribution in [0.5, 0.6) is 0 Å². The van der Waals surface area contributed by atoms with Crippen molar-refractivity contribution in [1.29, 1.82) is 0 Å². The molecule has 1 amide bonds. The lowest BCUT2D eigenvalue weighted by Gasteiger charge is -2.22. The Morgan fingerprint density at radius 3 is 2.10 bits per heavy atom. The Morgan fingerprint density at radius 1 is 1.03 bits per heavy atom. The highest BCUT2D eigenvalue weighted by atomic mass is 19.4. The number of carbonyl (C=O) groups excluding carboxylic acids is 1. The molecule has 0 saturated heterocycles. The van der Waals surface area contributed by atoms with Crippen LogP contribution >= 0.6 is 0 Å². The topological polar surface area (TPSA) is 125 Å². The number of aromatic carboxylic acids is 1. The first-order valence-electron chi connectivity index (χ1n) is 11.9. The van der Waals surface area contributed by atoms with Crippen LogP contribution in [0.1, 0.15) is 49.7 Å². The van der Waals surface area contributed by atoms with Gasteiger partial charge in [0, 0.05) is 37.6 Å². The minimum Gasteiger partial charge on any atom is -0.478 e. The second-order valence-electron chi connectivity index (χ2n) is 8.96. The third kappa shape index (κ3) is 8.59. The molecule has 0 atom stereocenters. The van der Waals surface area contributed by atoms with Gasteiger partial charge in [0.15, 0.2) is 0 Å². The van der Waals surface area contributed by atoms with E-state index in [1.165, 1.54) is 11.6 Å². The van der Waals surface area contributed by atoms with E-state index in [2.05, 4.69) is 17.3 Å². The monoisotopic (exact) mass is 548 g/mol. The number of amides is 1. The summed E-state index contributed by atoms with van der Waals surface area (Å²) in [4.78, 5) is 35.2. The number of benzene rings is 2. The first-order valence-corrected chi connectivity index (χ1v) is 11.9. The number of hydrogen-bond acceptors (Lipinski definition) is 5. The number of rotatable bonds is 8. The number of nitrogens with one attached hydrogen (secondary N) is 1. The molecule has 39 heavy (non-hydrogen) atoms. The number of aliphatic carboxylic acids is 1. The number of anilines is 2. The molecule has 1 heterocycles. The van der Waals surface area contributed by atoms with Gasteiger partial charge >= 0.3 is 18.1 Å². The highest BCUT2D eigenvalue weighted by molar-refractivity contribution is 6.05. The van der Waals surface area contributed by atoms with E-state index >= 15 is 0 Å². The van der Waals surface area contributed by atoms with E-state index in [1.807, 2.05) is 49.7 Å². The van der Waals surface area contributed by atoms with Crippen LogP contribution in [0.3, 0.4) is 0 Å². The van der Waals surface area contributed by atoms with Gasteiger partial charge in [0.2, 0.25) is 0 Å². The van der Waals surface area contributed by atoms with Crippen molar-refractivity contribution < 1.29 is 37.8 Å². The first-order chi connectivity index (χ1) is 18.1. The van der Waals surface area contributed by atoms with Gasteiger partial charge in [0.05, 0.1) is 16.9 Å². The van der Waals surface area contributed by atoms with E-state index < -0.39 is 18.1 Å². The summed E-state index contributed by atoms with van der Waals surface area (Å²) in [5.74, 6) is -4.06. The molecule has 12 heteroatoms. The molecule has 0 unspecified atom stereocenters. The largest absolute Gasteiger partial charge is 0.490 e. The van der Waals surface area contributed by atoms with Gasteiger partial charge in [-0.05, 0) is 69.5 Å². The van der Waals surface area contributed by atoms with Crippen LogP contribution in [0, 0.1) is 20.8 Å². The lowest BCUT2D eigenvalue weighted by Crippen LogP contribution is -2.22. The molecule has 1 aromatic heterocycles. The number of aryl methyl sites for hydroxylation is 3. The number of carbonyl (C=O) groups is 3. The third-order valence-electron chi connectivity index (χ3n) is 6.03. The molecule has 0 aliphatic rings. The number of halogens is 3. The standard InChI is InChI=1S/C25H30N4O3.C2HF3O2/c1-16-8-10-19(11-9-16)24(30)26-20-12-13-23(22(15-20)25(31)32)28(4)14-6-7-21-17(2)27-29(5)18(21)3;3-2(4,5)1(6)7/h8-13,15H,6-7,14H2,1-5H3,(H,26,30)(H,31,32);(H,6,7). The highest BCUT2D eigenvalue weighted by Crippen LogP contribution is 2.25. The van der Waals surface area contributed by atoms with Gasteiger partial charge in [-0.15, -0.1) is 0 Å². The van der Waals surface area contributed by atoms with Crippen LogP contribution in [-0.2, 0) is 18.3 Å². The molecule has 210 valence electrons. The Balaban J connectivity index is 0.000000673. The van der Waals surface area contributed by atoms with Gasteiger partial charge in [0.1, 0.15) is 0 Å². The van der Waals surface area contributed by atoms with Crippen molar-refractivity contribution in [3.8, 4) is 0 Å². The van der Waals surface area contributed by atoms with E-state index in [1.54, 1.807) is 24.3 Å². The minimum atomic E-state index is -5.08. The molecule has 0 radical (unpaired) electrons. The molecule has 3 N–H and O–H groups in total. The Labute approximate surface area is 223 Å². The van der Waals surface area contributed by atoms with Crippen LogP contribution in [0.25, 0.3) is 0 Å². The van der Waals surface area contributed by atoms with Gasteiger partial charge in [-0.3, -0.25) is 9.48 Å². The van der Waals surface area contributed by atoms with Crippen molar-refractivity contribution >= 4 is 29.2 Å². The fourth-order valence-electron chi connectivity index (χ4n) is 3.82. The molecule has 0 fully saturated rings. The molecule has 3 rings (SSSR count). The van der Waals surface area contributed by atoms with E-state index in [9.17, 15) is 27.9 Å². The molecule has 2 aromatic carbocycles. The summed E-state index contributed by atoms with van der Waals surface area (Å²) >= 11 is 0. The summed E-state index contributed by atoms with van der Waals surface area (Å²) in [6.45, 7) is 6.72. The zero-order valence-corrected chi connectivity index (χ0v) is 22.3. The molecule has 0 aliphatic carbocycles. The smallest absolute Gasteiger partial charge is 0.478 e. The molecule has 0 bridgehead atoms. The predicted molar refractivity (Wildman–Crippen MR) is 140 cm³/mol. The Hall–Kier alpha value is -4.35. The van der Waals surface area contributed by atoms with Crippen LogP contribution in [0.2, 0.25) is 0 Å². The average molecular weight is 549 g/mol. The number of nitrogens with zero attached hydrogens (tertiary/aromatic N) is 3. The first kappa shape index (κ1) is 30.9. The van der Waals surface area contributed by atoms with Gasteiger partial charge in [-0.25, -0.2) is 9.59 Å². The molecular weight excluding hydrogens is 517 g/mol. The number of hydrogen-bond donors (Lipinski definition) is 3. The third-order valence-corrected chi connectivity index (χ3v) is 6.03. The zero-order valence-electron chi connectivity index (χ0n) is 22.3. The summed E-state index contributed by atoms with van der Waals surface area (Å²) in [6.07, 6.45) is -3.34. The second kappa shape index (κ2) is 12.9. The van der Waals surface area contributed by atoms with Crippen LogP contribution in [0.15, 0.2) is 42.5 Å². The number of carboxylic acids is 2. The molecule has 0 aliphatic heterocycles. The summed E-state index contributed by atoms with van der Waals surface area (Å²) in [7, 11) is 3.82. The van der Waals surface area contributed by atoms with Crippen molar-refractivity contribution in [1.82, 2.24) is 9.78 Å². The van der Waals surface area contributed by atoms with Crippen molar-refractivity contribution in [2.24, 2.45) is 7.05 Å². The average Bonchev–Trinajstić information content (AvgIpc) is 3.09. The van der Waals surface area contributed by atoms with E-state index in [-0.39, 0.29) is 11.5 Å². The fraction of sp³-hybridized carbons (Fsp3) is 0.333. The lowest BCUT2D eigenvalue weighted by atomic mass is 10.1. The molecule has 0 spiro atoms. The number of aromatic nitrogens is 2. The molecule has 9 nitrogen and oxygen atoms in total. The van der Waals surface area contributed by atoms with Crippen LogP contribution < -0.4 is 10.2 Å². The fourth-order valence-corrected chi connectivity index (χ4v) is 3.82. The molecule has 0 saturated carbocycles. The molecule has 3 aromatic rings. The normalized spacial score (nSPS) is 10.9. The van der Waals surface area contributed by atoms with Crippen molar-refractivity contribution in [3.63, 3.8) is 0 Å². The number of alkyl halides is 3. The summed E-state index contributed by atoms with van der Waals surface area (Å²) in [5, 5.41) is 24.1. The second-order valence-corrected chi connectivity index (χ2v) is 8.96. The maximum absolute atomic E-state index is 12.5. The number of carboxylic acid groups (broad SMARTS) is 2. The summed E-state index contributed by atoms with van der Waals surface area (Å²) in [6, 6.07) is 12.2.